The summed E-state index contributed by atoms with van der Waals surface area (Å²) in [6.07, 6.45) is 9.85. The SMILES string of the molecule is CCCC1CC#CCCCC(C)(CN)CC1. The molecule has 16 heavy (non-hydrogen) atoms. The molecule has 0 fully saturated rings. The highest BCUT2D eigenvalue weighted by molar-refractivity contribution is 5.01. The largest absolute Gasteiger partial charge is 0.330 e. The molecule has 0 saturated carbocycles. The molecule has 0 saturated heterocycles. The fourth-order valence-corrected chi connectivity index (χ4v) is 2.55. The molecular weight excluding hydrogens is 194 g/mol. The van der Waals surface area contributed by atoms with Gasteiger partial charge in [0, 0.05) is 12.8 Å². The molecule has 1 aliphatic carbocycles. The standard InChI is InChI=1S/C15H27N/c1-3-8-14-9-6-4-5-7-11-15(2,13-16)12-10-14/h14H,3,5,7-13,16H2,1-2H3. The van der Waals surface area contributed by atoms with Crippen molar-refractivity contribution in [3.63, 3.8) is 0 Å². The fraction of sp³-hybridized carbons (Fsp3) is 0.867. The van der Waals surface area contributed by atoms with Gasteiger partial charge in [0.2, 0.25) is 0 Å². The Kier molecular flexibility index (Phi) is 5.91. The molecule has 0 amide bonds. The first-order chi connectivity index (χ1) is 7.70. The van der Waals surface area contributed by atoms with Gasteiger partial charge in [0.25, 0.3) is 0 Å². The average Bonchev–Trinajstić information content (AvgIpc) is 2.30. The van der Waals surface area contributed by atoms with Gasteiger partial charge in [-0.1, -0.05) is 20.3 Å². The summed E-state index contributed by atoms with van der Waals surface area (Å²) in [7, 11) is 0. The molecule has 1 aliphatic rings. The number of hydrogen-bond donors (Lipinski definition) is 1. The van der Waals surface area contributed by atoms with Crippen molar-refractivity contribution in [2.45, 2.75) is 65.2 Å². The Hall–Kier alpha value is -0.480. The lowest BCUT2D eigenvalue weighted by Crippen LogP contribution is -2.28. The highest BCUT2D eigenvalue weighted by Gasteiger charge is 2.23. The van der Waals surface area contributed by atoms with E-state index in [-0.39, 0.29) is 0 Å². The summed E-state index contributed by atoms with van der Waals surface area (Å²) >= 11 is 0. The van der Waals surface area contributed by atoms with Crippen molar-refractivity contribution >= 4 is 0 Å². The van der Waals surface area contributed by atoms with Gasteiger partial charge < -0.3 is 5.73 Å². The van der Waals surface area contributed by atoms with Gasteiger partial charge in [0.1, 0.15) is 0 Å². The maximum atomic E-state index is 5.93. The Balaban J connectivity index is 2.58. The second-order valence-corrected chi connectivity index (χ2v) is 5.62. The molecule has 92 valence electrons. The van der Waals surface area contributed by atoms with Crippen molar-refractivity contribution in [1.82, 2.24) is 0 Å². The number of rotatable bonds is 3. The zero-order valence-electron chi connectivity index (χ0n) is 11.0. The van der Waals surface area contributed by atoms with Crippen molar-refractivity contribution < 1.29 is 0 Å². The van der Waals surface area contributed by atoms with Gasteiger partial charge in [0.05, 0.1) is 0 Å². The molecule has 0 aromatic carbocycles. The maximum absolute atomic E-state index is 5.93. The van der Waals surface area contributed by atoms with Crippen LogP contribution in [0.4, 0.5) is 0 Å². The van der Waals surface area contributed by atoms with Crippen molar-refractivity contribution in [3.05, 3.63) is 0 Å². The minimum atomic E-state index is 0.366. The molecule has 0 bridgehead atoms. The third-order valence-corrected chi connectivity index (χ3v) is 3.94. The van der Waals surface area contributed by atoms with Gasteiger partial charge in [-0.05, 0) is 50.0 Å². The predicted molar refractivity (Wildman–Crippen MR) is 71.0 cm³/mol. The summed E-state index contributed by atoms with van der Waals surface area (Å²) in [5.41, 5.74) is 6.30. The summed E-state index contributed by atoms with van der Waals surface area (Å²) in [5.74, 6) is 7.48. The molecule has 0 aromatic rings. The van der Waals surface area contributed by atoms with Gasteiger partial charge in [0.15, 0.2) is 0 Å². The Labute approximate surface area is 101 Å². The highest BCUT2D eigenvalue weighted by Crippen LogP contribution is 2.32. The third-order valence-electron chi connectivity index (χ3n) is 3.94. The van der Waals surface area contributed by atoms with E-state index in [0.29, 0.717) is 5.41 Å². The van der Waals surface area contributed by atoms with Crippen LogP contribution in [-0.4, -0.2) is 6.54 Å². The molecule has 1 rings (SSSR count). The van der Waals surface area contributed by atoms with E-state index in [1.54, 1.807) is 0 Å². The number of nitrogens with two attached hydrogens (primary N) is 1. The predicted octanol–water partition coefficient (Wildman–Crippen LogP) is 3.73. The van der Waals surface area contributed by atoms with E-state index in [9.17, 15) is 0 Å². The highest BCUT2D eigenvalue weighted by atomic mass is 14.6. The van der Waals surface area contributed by atoms with E-state index >= 15 is 0 Å². The molecule has 0 spiro atoms. The van der Waals surface area contributed by atoms with Gasteiger partial charge in [-0.3, -0.25) is 0 Å². The lowest BCUT2D eigenvalue weighted by atomic mass is 9.77. The van der Waals surface area contributed by atoms with Crippen molar-refractivity contribution in [2.75, 3.05) is 6.54 Å². The molecule has 0 aromatic heterocycles. The summed E-state index contributed by atoms with van der Waals surface area (Å²) < 4.78 is 0. The molecule has 2 atom stereocenters. The van der Waals surface area contributed by atoms with E-state index in [0.717, 1.165) is 25.3 Å². The lowest BCUT2D eigenvalue weighted by molar-refractivity contribution is 0.244. The van der Waals surface area contributed by atoms with Crippen LogP contribution in [0.5, 0.6) is 0 Å². The van der Waals surface area contributed by atoms with E-state index in [4.69, 9.17) is 5.73 Å². The Morgan fingerprint density at radius 2 is 2.12 bits per heavy atom. The van der Waals surface area contributed by atoms with Crippen LogP contribution >= 0.6 is 0 Å². The van der Waals surface area contributed by atoms with E-state index in [1.807, 2.05) is 0 Å². The quantitative estimate of drug-likeness (QED) is 0.722. The molecule has 0 aliphatic heterocycles. The zero-order valence-corrected chi connectivity index (χ0v) is 11.0. The Morgan fingerprint density at radius 1 is 1.31 bits per heavy atom. The normalized spacial score (nSPS) is 31.6. The van der Waals surface area contributed by atoms with Crippen LogP contribution in [0.15, 0.2) is 0 Å². The van der Waals surface area contributed by atoms with Crippen LogP contribution in [0.1, 0.15) is 65.2 Å². The van der Waals surface area contributed by atoms with Crippen LogP contribution in [-0.2, 0) is 0 Å². The monoisotopic (exact) mass is 221 g/mol. The first-order valence-corrected chi connectivity index (χ1v) is 6.86. The van der Waals surface area contributed by atoms with Crippen molar-refractivity contribution in [3.8, 4) is 11.8 Å². The van der Waals surface area contributed by atoms with Gasteiger partial charge in [-0.15, -0.1) is 11.8 Å². The van der Waals surface area contributed by atoms with E-state index in [2.05, 4.69) is 25.7 Å². The minimum Gasteiger partial charge on any atom is -0.330 e. The second-order valence-electron chi connectivity index (χ2n) is 5.62. The zero-order chi connectivity index (χ0) is 11.9. The first kappa shape index (κ1) is 13.6. The van der Waals surface area contributed by atoms with Crippen LogP contribution in [0.3, 0.4) is 0 Å². The molecule has 1 nitrogen and oxygen atoms in total. The topological polar surface area (TPSA) is 26.0 Å². The van der Waals surface area contributed by atoms with E-state index < -0.39 is 0 Å². The summed E-state index contributed by atoms with van der Waals surface area (Å²) in [5, 5.41) is 0. The van der Waals surface area contributed by atoms with Crippen LogP contribution in [0.2, 0.25) is 0 Å². The number of hydrogen-bond acceptors (Lipinski definition) is 1. The third kappa shape index (κ3) is 4.58. The molecule has 0 heterocycles. The van der Waals surface area contributed by atoms with E-state index in [1.165, 1.54) is 38.5 Å². The molecule has 0 radical (unpaired) electrons. The van der Waals surface area contributed by atoms with Crippen molar-refractivity contribution in [2.24, 2.45) is 17.1 Å². The Morgan fingerprint density at radius 3 is 2.81 bits per heavy atom. The molecule has 2 unspecified atom stereocenters. The average molecular weight is 221 g/mol. The van der Waals surface area contributed by atoms with Crippen LogP contribution < -0.4 is 5.73 Å². The second kappa shape index (κ2) is 6.97. The summed E-state index contributed by atoms with van der Waals surface area (Å²) in [4.78, 5) is 0. The molecule has 2 N–H and O–H groups in total. The summed E-state index contributed by atoms with van der Waals surface area (Å²) in [6.45, 7) is 5.46. The lowest BCUT2D eigenvalue weighted by Gasteiger charge is -2.30. The fourth-order valence-electron chi connectivity index (χ4n) is 2.55. The van der Waals surface area contributed by atoms with Crippen molar-refractivity contribution in [1.29, 1.82) is 0 Å². The van der Waals surface area contributed by atoms with Gasteiger partial charge in [-0.25, -0.2) is 0 Å². The van der Waals surface area contributed by atoms with Crippen LogP contribution in [0, 0.1) is 23.2 Å². The van der Waals surface area contributed by atoms with Gasteiger partial charge in [-0.2, -0.15) is 0 Å². The Bertz CT molecular complexity index is 248. The maximum Gasteiger partial charge on any atom is 0.0117 e. The molecule has 1 heteroatoms. The van der Waals surface area contributed by atoms with Gasteiger partial charge >= 0.3 is 0 Å². The summed E-state index contributed by atoms with van der Waals surface area (Å²) in [6, 6.07) is 0. The molecular formula is C15H27N. The first-order valence-electron chi connectivity index (χ1n) is 6.86. The minimum absolute atomic E-state index is 0.366. The smallest absolute Gasteiger partial charge is 0.0117 e. The van der Waals surface area contributed by atoms with Crippen LogP contribution in [0.25, 0.3) is 0 Å².